The topological polar surface area (TPSA) is 69.6 Å². The van der Waals surface area contributed by atoms with Gasteiger partial charge < -0.3 is 15.5 Å². The van der Waals surface area contributed by atoms with Crippen LogP contribution in [-0.2, 0) is 6.54 Å². The van der Waals surface area contributed by atoms with E-state index < -0.39 is 12.1 Å². The molecule has 90 valence electrons. The second-order valence-electron chi connectivity index (χ2n) is 4.36. The summed E-state index contributed by atoms with van der Waals surface area (Å²) in [4.78, 5) is 11.6. The van der Waals surface area contributed by atoms with Gasteiger partial charge in [0.2, 0.25) is 0 Å². The van der Waals surface area contributed by atoms with Crippen molar-refractivity contribution in [3.8, 4) is 0 Å². The summed E-state index contributed by atoms with van der Waals surface area (Å²) in [5.74, 6) is -0.905. The molecule has 0 spiro atoms. The SMILES string of the molecule is CC(O)C(C)(C)NCc1cc(C(=O)O)cs1. The number of carboxylic acids is 1. The summed E-state index contributed by atoms with van der Waals surface area (Å²) in [5.41, 5.74) is -0.0652. The highest BCUT2D eigenvalue weighted by Gasteiger charge is 2.23. The summed E-state index contributed by atoms with van der Waals surface area (Å²) in [5, 5.41) is 23.1. The van der Waals surface area contributed by atoms with E-state index in [0.29, 0.717) is 12.1 Å². The monoisotopic (exact) mass is 243 g/mol. The van der Waals surface area contributed by atoms with Crippen LogP contribution in [0.3, 0.4) is 0 Å². The number of aromatic carboxylic acids is 1. The van der Waals surface area contributed by atoms with Crippen molar-refractivity contribution in [2.75, 3.05) is 0 Å². The second-order valence-corrected chi connectivity index (χ2v) is 5.35. The lowest BCUT2D eigenvalue weighted by Gasteiger charge is -2.29. The molecule has 1 rings (SSSR count). The number of thiophene rings is 1. The van der Waals surface area contributed by atoms with Gasteiger partial charge in [-0.2, -0.15) is 0 Å². The maximum atomic E-state index is 10.7. The van der Waals surface area contributed by atoms with E-state index in [9.17, 15) is 9.90 Å². The van der Waals surface area contributed by atoms with Crippen LogP contribution in [0.1, 0.15) is 36.0 Å². The average molecular weight is 243 g/mol. The molecule has 16 heavy (non-hydrogen) atoms. The van der Waals surface area contributed by atoms with Crippen LogP contribution in [0.15, 0.2) is 11.4 Å². The van der Waals surface area contributed by atoms with Crippen LogP contribution in [0.25, 0.3) is 0 Å². The first-order valence-corrected chi connectivity index (χ1v) is 5.94. The number of aliphatic hydroxyl groups is 1. The van der Waals surface area contributed by atoms with E-state index in [0.717, 1.165) is 4.88 Å². The van der Waals surface area contributed by atoms with Gasteiger partial charge in [-0.25, -0.2) is 4.79 Å². The van der Waals surface area contributed by atoms with Crippen LogP contribution in [0.2, 0.25) is 0 Å². The molecule has 1 aromatic heterocycles. The van der Waals surface area contributed by atoms with Crippen LogP contribution < -0.4 is 5.32 Å². The Balaban J connectivity index is 2.58. The van der Waals surface area contributed by atoms with Crippen molar-refractivity contribution in [2.45, 2.75) is 39.0 Å². The van der Waals surface area contributed by atoms with Crippen molar-refractivity contribution in [1.29, 1.82) is 0 Å². The Morgan fingerprint density at radius 3 is 2.69 bits per heavy atom. The van der Waals surface area contributed by atoms with E-state index in [2.05, 4.69) is 5.32 Å². The highest BCUT2D eigenvalue weighted by atomic mass is 32.1. The van der Waals surface area contributed by atoms with Crippen molar-refractivity contribution in [3.05, 3.63) is 21.9 Å². The summed E-state index contributed by atoms with van der Waals surface area (Å²) in [6, 6.07) is 1.65. The molecule has 0 aliphatic rings. The van der Waals surface area contributed by atoms with Crippen LogP contribution >= 0.6 is 11.3 Å². The Morgan fingerprint density at radius 1 is 1.62 bits per heavy atom. The first kappa shape index (κ1) is 13.2. The van der Waals surface area contributed by atoms with Crippen molar-refractivity contribution in [1.82, 2.24) is 5.32 Å². The fourth-order valence-corrected chi connectivity index (χ4v) is 1.85. The van der Waals surface area contributed by atoms with E-state index in [1.165, 1.54) is 11.3 Å². The highest BCUT2D eigenvalue weighted by Crippen LogP contribution is 2.16. The predicted molar refractivity (Wildman–Crippen MR) is 63.9 cm³/mol. The van der Waals surface area contributed by atoms with Gasteiger partial charge in [0, 0.05) is 22.3 Å². The van der Waals surface area contributed by atoms with Crippen LogP contribution in [0, 0.1) is 0 Å². The minimum Gasteiger partial charge on any atom is -0.478 e. The number of hydrogen-bond acceptors (Lipinski definition) is 4. The third-order valence-corrected chi connectivity index (χ3v) is 3.60. The normalized spacial score (nSPS) is 13.8. The molecule has 0 saturated heterocycles. The molecule has 0 aromatic carbocycles. The fraction of sp³-hybridized carbons (Fsp3) is 0.545. The number of nitrogens with one attached hydrogen (secondary N) is 1. The van der Waals surface area contributed by atoms with Gasteiger partial charge in [-0.3, -0.25) is 0 Å². The molecular formula is C11H17NO3S. The van der Waals surface area contributed by atoms with Crippen LogP contribution in [0.4, 0.5) is 0 Å². The van der Waals surface area contributed by atoms with Crippen molar-refractivity contribution < 1.29 is 15.0 Å². The van der Waals surface area contributed by atoms with Gasteiger partial charge >= 0.3 is 5.97 Å². The minimum absolute atomic E-state index is 0.316. The Bertz CT molecular complexity index is 371. The molecule has 0 fully saturated rings. The maximum absolute atomic E-state index is 10.7. The van der Waals surface area contributed by atoms with E-state index >= 15 is 0 Å². The molecule has 1 atom stereocenters. The number of rotatable bonds is 5. The van der Waals surface area contributed by atoms with Crippen molar-refractivity contribution in [2.24, 2.45) is 0 Å². The fourth-order valence-electron chi connectivity index (χ4n) is 1.05. The van der Waals surface area contributed by atoms with Gasteiger partial charge in [-0.1, -0.05) is 0 Å². The zero-order valence-electron chi connectivity index (χ0n) is 9.65. The lowest BCUT2D eigenvalue weighted by atomic mass is 9.99. The molecule has 1 unspecified atom stereocenters. The van der Waals surface area contributed by atoms with Gasteiger partial charge in [0.25, 0.3) is 0 Å². The smallest absolute Gasteiger partial charge is 0.336 e. The number of aliphatic hydroxyl groups excluding tert-OH is 1. The molecule has 1 aromatic rings. The molecule has 1 heterocycles. The lowest BCUT2D eigenvalue weighted by molar-refractivity contribution is 0.0697. The van der Waals surface area contributed by atoms with E-state index in [4.69, 9.17) is 5.11 Å². The minimum atomic E-state index is -0.905. The van der Waals surface area contributed by atoms with Crippen LogP contribution in [0.5, 0.6) is 0 Å². The van der Waals surface area contributed by atoms with Gasteiger partial charge in [-0.15, -0.1) is 11.3 Å². The van der Waals surface area contributed by atoms with Crippen LogP contribution in [-0.4, -0.2) is 27.8 Å². The third kappa shape index (κ3) is 3.30. The maximum Gasteiger partial charge on any atom is 0.336 e. The molecule has 3 N–H and O–H groups in total. The van der Waals surface area contributed by atoms with Gasteiger partial charge in [0.15, 0.2) is 0 Å². The van der Waals surface area contributed by atoms with Gasteiger partial charge in [0.1, 0.15) is 0 Å². The molecule has 0 radical (unpaired) electrons. The first-order chi connectivity index (χ1) is 7.33. The number of hydrogen-bond donors (Lipinski definition) is 3. The zero-order valence-corrected chi connectivity index (χ0v) is 10.5. The highest BCUT2D eigenvalue weighted by molar-refractivity contribution is 7.10. The summed E-state index contributed by atoms with van der Waals surface area (Å²) in [6.45, 7) is 6.10. The van der Waals surface area contributed by atoms with Crippen molar-refractivity contribution in [3.63, 3.8) is 0 Å². The van der Waals surface area contributed by atoms with Gasteiger partial charge in [-0.05, 0) is 26.8 Å². The quantitative estimate of drug-likeness (QED) is 0.736. The van der Waals surface area contributed by atoms with Gasteiger partial charge in [0.05, 0.1) is 11.7 Å². The Kier molecular flexibility index (Phi) is 4.07. The number of carboxylic acid groups (broad SMARTS) is 1. The lowest BCUT2D eigenvalue weighted by Crippen LogP contribution is -2.47. The summed E-state index contributed by atoms with van der Waals surface area (Å²) in [7, 11) is 0. The molecule has 0 amide bonds. The molecule has 0 bridgehead atoms. The second kappa shape index (κ2) is 4.95. The standard InChI is InChI=1S/C11H17NO3S/c1-7(13)11(2,3)12-5-9-4-8(6-16-9)10(14)15/h4,6-7,12-13H,5H2,1-3H3,(H,14,15). The first-order valence-electron chi connectivity index (χ1n) is 5.06. The molecule has 5 heteroatoms. The third-order valence-electron chi connectivity index (χ3n) is 2.66. The Morgan fingerprint density at radius 2 is 2.25 bits per heavy atom. The van der Waals surface area contributed by atoms with E-state index in [1.807, 2.05) is 13.8 Å². The summed E-state index contributed by atoms with van der Waals surface area (Å²) < 4.78 is 0. The molecular weight excluding hydrogens is 226 g/mol. The summed E-state index contributed by atoms with van der Waals surface area (Å²) in [6.07, 6.45) is -0.466. The summed E-state index contributed by atoms with van der Waals surface area (Å²) >= 11 is 1.41. The van der Waals surface area contributed by atoms with E-state index in [-0.39, 0.29) is 5.54 Å². The van der Waals surface area contributed by atoms with Crippen molar-refractivity contribution >= 4 is 17.3 Å². The van der Waals surface area contributed by atoms with E-state index in [1.54, 1.807) is 18.4 Å². The average Bonchev–Trinajstić information content (AvgIpc) is 2.63. The zero-order chi connectivity index (χ0) is 12.3. The molecule has 0 aliphatic carbocycles. The predicted octanol–water partition coefficient (Wildman–Crippen LogP) is 1.70. The Hall–Kier alpha value is -0.910. The molecule has 4 nitrogen and oxygen atoms in total. The molecule has 0 saturated carbocycles. The molecule has 0 aliphatic heterocycles. The largest absolute Gasteiger partial charge is 0.478 e. The Labute approximate surface area is 98.9 Å². The number of carbonyl (C=O) groups is 1.